The van der Waals surface area contributed by atoms with Crippen molar-refractivity contribution in [3.8, 4) is 0 Å². The van der Waals surface area contributed by atoms with Crippen LogP contribution in [0.5, 0.6) is 0 Å². The van der Waals surface area contributed by atoms with Crippen molar-refractivity contribution >= 4 is 33.4 Å². The van der Waals surface area contributed by atoms with Gasteiger partial charge in [0.15, 0.2) is 0 Å². The molecule has 2 N–H and O–H groups in total. The Morgan fingerprint density at radius 3 is 2.41 bits per heavy atom. The first-order valence-corrected chi connectivity index (χ1v) is 8.48. The fraction of sp³-hybridized carbons (Fsp3) is 0.529. The van der Waals surface area contributed by atoms with Crippen LogP contribution in [0.2, 0.25) is 0 Å². The van der Waals surface area contributed by atoms with Crippen LogP contribution in [0.25, 0.3) is 0 Å². The summed E-state index contributed by atoms with van der Waals surface area (Å²) >= 11 is 3.44. The number of carbonyl (C=O) groups is 2. The lowest BCUT2D eigenvalue weighted by molar-refractivity contribution is -0.138. The van der Waals surface area contributed by atoms with Crippen LogP contribution in [0, 0.1) is 12.3 Å². The zero-order valence-electron chi connectivity index (χ0n) is 13.3. The first-order chi connectivity index (χ1) is 10.3. The maximum atomic E-state index is 12.5. The Morgan fingerprint density at radius 2 is 1.82 bits per heavy atom. The van der Waals surface area contributed by atoms with Crippen molar-refractivity contribution in [3.63, 3.8) is 0 Å². The number of nitrogens with one attached hydrogen (secondary N) is 2. The molecule has 0 unspecified atom stereocenters. The second kappa shape index (κ2) is 6.82. The molecule has 1 aromatic carbocycles. The normalized spacial score (nSPS) is 15.6. The SMILES string of the molecule is Cc1ccc(NC(=O)C(C)(C)C(=O)NC2CCCC2)c(Br)c1. The van der Waals surface area contributed by atoms with Crippen LogP contribution < -0.4 is 10.6 Å². The average molecular weight is 367 g/mol. The highest BCUT2D eigenvalue weighted by Gasteiger charge is 2.37. The average Bonchev–Trinajstić information content (AvgIpc) is 2.94. The molecule has 2 rings (SSSR count). The number of anilines is 1. The van der Waals surface area contributed by atoms with Crippen LogP contribution in [0.4, 0.5) is 5.69 Å². The minimum Gasteiger partial charge on any atom is -0.352 e. The molecule has 4 nitrogen and oxygen atoms in total. The fourth-order valence-electron chi connectivity index (χ4n) is 2.54. The lowest BCUT2D eigenvalue weighted by Gasteiger charge is -2.25. The summed E-state index contributed by atoms with van der Waals surface area (Å²) in [5, 5.41) is 5.83. The molecule has 1 aliphatic carbocycles. The Balaban J connectivity index is 2.04. The van der Waals surface area contributed by atoms with Gasteiger partial charge in [-0.3, -0.25) is 9.59 Å². The number of benzene rings is 1. The third kappa shape index (κ3) is 3.88. The highest BCUT2D eigenvalue weighted by atomic mass is 79.9. The zero-order valence-corrected chi connectivity index (χ0v) is 14.9. The second-order valence-corrected chi connectivity index (χ2v) is 7.37. The lowest BCUT2D eigenvalue weighted by atomic mass is 9.90. The highest BCUT2D eigenvalue weighted by Crippen LogP contribution is 2.27. The van der Waals surface area contributed by atoms with Crippen LogP contribution in [-0.2, 0) is 9.59 Å². The maximum Gasteiger partial charge on any atom is 0.239 e. The van der Waals surface area contributed by atoms with Gasteiger partial charge in [-0.15, -0.1) is 0 Å². The summed E-state index contributed by atoms with van der Waals surface area (Å²) in [6, 6.07) is 5.90. The van der Waals surface area contributed by atoms with Crippen molar-refractivity contribution in [2.75, 3.05) is 5.32 Å². The molecule has 0 aliphatic heterocycles. The van der Waals surface area contributed by atoms with Gasteiger partial charge in [-0.2, -0.15) is 0 Å². The van der Waals surface area contributed by atoms with Crippen LogP contribution in [-0.4, -0.2) is 17.9 Å². The van der Waals surface area contributed by atoms with E-state index in [9.17, 15) is 9.59 Å². The van der Waals surface area contributed by atoms with E-state index < -0.39 is 5.41 Å². The Hall–Kier alpha value is -1.36. The predicted octanol–water partition coefficient (Wildman–Crippen LogP) is 3.78. The van der Waals surface area contributed by atoms with Gasteiger partial charge in [0.1, 0.15) is 5.41 Å². The molecule has 1 aliphatic rings. The molecule has 120 valence electrons. The Labute approximate surface area is 140 Å². The van der Waals surface area contributed by atoms with Crippen LogP contribution in [0.1, 0.15) is 45.1 Å². The number of hydrogen-bond donors (Lipinski definition) is 2. The maximum absolute atomic E-state index is 12.5. The molecule has 1 saturated carbocycles. The predicted molar refractivity (Wildman–Crippen MR) is 91.7 cm³/mol. The number of carbonyl (C=O) groups excluding carboxylic acids is 2. The molecular weight excluding hydrogens is 344 g/mol. The number of hydrogen-bond acceptors (Lipinski definition) is 2. The molecule has 0 saturated heterocycles. The van der Waals surface area contributed by atoms with Crippen molar-refractivity contribution in [1.82, 2.24) is 5.32 Å². The molecule has 5 heteroatoms. The fourth-order valence-corrected chi connectivity index (χ4v) is 3.13. The van der Waals surface area contributed by atoms with Crippen molar-refractivity contribution in [3.05, 3.63) is 28.2 Å². The third-order valence-electron chi connectivity index (χ3n) is 4.20. The summed E-state index contributed by atoms with van der Waals surface area (Å²) in [6.45, 7) is 5.30. The Kier molecular flexibility index (Phi) is 5.27. The number of aryl methyl sites for hydroxylation is 1. The monoisotopic (exact) mass is 366 g/mol. The first kappa shape index (κ1) is 17.0. The van der Waals surface area contributed by atoms with Crippen molar-refractivity contribution in [2.45, 2.75) is 52.5 Å². The van der Waals surface area contributed by atoms with Crippen molar-refractivity contribution in [1.29, 1.82) is 0 Å². The quantitative estimate of drug-likeness (QED) is 0.796. The molecule has 1 fully saturated rings. The molecule has 2 amide bonds. The van der Waals surface area contributed by atoms with E-state index in [-0.39, 0.29) is 17.9 Å². The van der Waals surface area contributed by atoms with Crippen LogP contribution >= 0.6 is 15.9 Å². The molecule has 1 aromatic rings. The van der Waals surface area contributed by atoms with E-state index >= 15 is 0 Å². The molecule has 0 bridgehead atoms. The molecule has 0 heterocycles. The van der Waals surface area contributed by atoms with E-state index in [1.165, 1.54) is 0 Å². The van der Waals surface area contributed by atoms with Crippen molar-refractivity contribution in [2.24, 2.45) is 5.41 Å². The second-order valence-electron chi connectivity index (χ2n) is 6.52. The van der Waals surface area contributed by atoms with E-state index in [0.29, 0.717) is 5.69 Å². The molecule has 0 atom stereocenters. The highest BCUT2D eigenvalue weighted by molar-refractivity contribution is 9.10. The van der Waals surface area contributed by atoms with Gasteiger partial charge in [-0.25, -0.2) is 0 Å². The van der Waals surface area contributed by atoms with Gasteiger partial charge >= 0.3 is 0 Å². The Bertz CT molecular complexity index is 578. The van der Waals surface area contributed by atoms with E-state index in [1.54, 1.807) is 13.8 Å². The van der Waals surface area contributed by atoms with E-state index in [1.807, 2.05) is 25.1 Å². The molecule has 0 radical (unpaired) electrons. The van der Waals surface area contributed by atoms with Gasteiger partial charge in [0.05, 0.1) is 5.69 Å². The van der Waals surface area contributed by atoms with E-state index in [0.717, 1.165) is 35.7 Å². The number of amides is 2. The van der Waals surface area contributed by atoms with Gasteiger partial charge in [-0.1, -0.05) is 18.9 Å². The molecule has 0 spiro atoms. The summed E-state index contributed by atoms with van der Waals surface area (Å²) in [5.74, 6) is -0.507. The summed E-state index contributed by atoms with van der Waals surface area (Å²) in [4.78, 5) is 24.9. The van der Waals surface area contributed by atoms with Crippen molar-refractivity contribution < 1.29 is 9.59 Å². The summed E-state index contributed by atoms with van der Waals surface area (Å²) in [6.07, 6.45) is 4.31. The van der Waals surface area contributed by atoms with Gasteiger partial charge in [0, 0.05) is 10.5 Å². The standard InChI is InChI=1S/C17H23BrN2O2/c1-11-8-9-14(13(18)10-11)20-16(22)17(2,3)15(21)19-12-6-4-5-7-12/h8-10,12H,4-7H2,1-3H3,(H,19,21)(H,20,22). The zero-order chi connectivity index (χ0) is 16.3. The number of rotatable bonds is 4. The van der Waals surface area contributed by atoms with Crippen LogP contribution in [0.3, 0.4) is 0 Å². The molecule has 0 aromatic heterocycles. The first-order valence-electron chi connectivity index (χ1n) is 7.69. The van der Waals surface area contributed by atoms with Gasteiger partial charge < -0.3 is 10.6 Å². The van der Waals surface area contributed by atoms with E-state index in [4.69, 9.17) is 0 Å². The number of halogens is 1. The summed E-state index contributed by atoms with van der Waals surface area (Å²) in [7, 11) is 0. The van der Waals surface area contributed by atoms with Gasteiger partial charge in [0.2, 0.25) is 11.8 Å². The smallest absolute Gasteiger partial charge is 0.239 e. The van der Waals surface area contributed by atoms with Crippen LogP contribution in [0.15, 0.2) is 22.7 Å². The summed E-state index contributed by atoms with van der Waals surface area (Å²) in [5.41, 5.74) is 0.674. The third-order valence-corrected chi connectivity index (χ3v) is 4.85. The molecule has 22 heavy (non-hydrogen) atoms. The Morgan fingerprint density at radius 1 is 1.18 bits per heavy atom. The summed E-state index contributed by atoms with van der Waals surface area (Å²) < 4.78 is 0.813. The topological polar surface area (TPSA) is 58.2 Å². The van der Waals surface area contributed by atoms with Gasteiger partial charge in [0.25, 0.3) is 0 Å². The minimum absolute atomic E-state index is 0.208. The van der Waals surface area contributed by atoms with Gasteiger partial charge in [-0.05, 0) is 67.2 Å². The minimum atomic E-state index is -1.10. The molecular formula is C17H23BrN2O2. The van der Waals surface area contributed by atoms with E-state index in [2.05, 4.69) is 26.6 Å². The largest absolute Gasteiger partial charge is 0.352 e. The lowest BCUT2D eigenvalue weighted by Crippen LogP contribution is -2.48.